The maximum Gasteiger partial charge on any atom is 0.343 e. The maximum atomic E-state index is 12.9. The number of anilines is 2. The van der Waals surface area contributed by atoms with Gasteiger partial charge in [-0.1, -0.05) is 39.0 Å². The lowest BCUT2D eigenvalue weighted by Gasteiger charge is -2.28. The van der Waals surface area contributed by atoms with E-state index in [1.54, 1.807) is 24.3 Å². The first-order chi connectivity index (χ1) is 19.9. The Balaban J connectivity index is 1.36. The lowest BCUT2D eigenvalue weighted by Crippen LogP contribution is -2.23. The third kappa shape index (κ3) is 5.62. The number of ether oxygens (including phenoxy) is 2. The van der Waals surface area contributed by atoms with E-state index < -0.39 is 5.97 Å². The van der Waals surface area contributed by atoms with Gasteiger partial charge in [0.15, 0.2) is 0 Å². The van der Waals surface area contributed by atoms with Crippen molar-refractivity contribution in [1.82, 2.24) is 0 Å². The van der Waals surface area contributed by atoms with Crippen molar-refractivity contribution in [2.45, 2.75) is 38.0 Å². The highest BCUT2D eigenvalue weighted by atomic mass is 16.5. The summed E-state index contributed by atoms with van der Waals surface area (Å²) in [6.07, 6.45) is 0.885. The van der Waals surface area contributed by atoms with Crippen LogP contribution in [0.25, 0.3) is 0 Å². The molecule has 0 aliphatic heterocycles. The Morgan fingerprint density at radius 1 is 0.595 bits per heavy atom. The summed E-state index contributed by atoms with van der Waals surface area (Å²) in [6, 6.07) is 28.4. The second-order valence-corrected chi connectivity index (χ2v) is 12.3. The molecule has 1 atom stereocenters. The Kier molecular flexibility index (Phi) is 7.58. The molecule has 6 nitrogen and oxygen atoms in total. The van der Waals surface area contributed by atoms with Crippen LogP contribution in [-0.2, 0) is 10.8 Å². The molecule has 0 amide bonds. The number of hydrogen-bond donors (Lipinski definition) is 0. The van der Waals surface area contributed by atoms with E-state index >= 15 is 0 Å². The predicted molar refractivity (Wildman–Crippen MR) is 168 cm³/mol. The molecule has 0 saturated heterocycles. The Morgan fingerprint density at radius 3 is 1.52 bits per heavy atom. The average Bonchev–Trinajstić information content (AvgIpc) is 3.18. The molecule has 4 aromatic rings. The molecule has 1 aliphatic rings. The number of fused-ring (bicyclic) bond motifs is 1. The summed E-state index contributed by atoms with van der Waals surface area (Å²) in [5, 5.41) is 0. The lowest BCUT2D eigenvalue weighted by molar-refractivity contribution is 0.0725. The van der Waals surface area contributed by atoms with Gasteiger partial charge in [0.25, 0.3) is 0 Å². The van der Waals surface area contributed by atoms with Gasteiger partial charge >= 0.3 is 11.9 Å². The molecule has 0 spiro atoms. The lowest BCUT2D eigenvalue weighted by atomic mass is 9.75. The van der Waals surface area contributed by atoms with Gasteiger partial charge in [-0.3, -0.25) is 0 Å². The largest absolute Gasteiger partial charge is 0.423 e. The van der Waals surface area contributed by atoms with Crippen molar-refractivity contribution in [2.75, 3.05) is 38.0 Å². The van der Waals surface area contributed by atoms with Gasteiger partial charge in [0.1, 0.15) is 11.5 Å². The fourth-order valence-corrected chi connectivity index (χ4v) is 5.98. The first kappa shape index (κ1) is 28.9. The van der Waals surface area contributed by atoms with Crippen molar-refractivity contribution in [3.05, 3.63) is 119 Å². The first-order valence-electron chi connectivity index (χ1n) is 14.1. The first-order valence-corrected chi connectivity index (χ1v) is 14.1. The molecule has 0 heterocycles. The van der Waals surface area contributed by atoms with Gasteiger partial charge in [0.2, 0.25) is 0 Å². The standard InChI is InChI=1S/C36H38N2O4/c1-35(2)23-36(3,26-12-18-29(19-13-26)41-33(39)24-8-14-27(15-9-24)37(4)5)32-22-30(20-21-31(32)35)42-34(40)25-10-16-28(17-11-25)38(6)7/h8-22H,23H2,1-7H3/t36-/m1/s1. The summed E-state index contributed by atoms with van der Waals surface area (Å²) in [5.41, 5.74) is 6.11. The van der Waals surface area contributed by atoms with Crippen LogP contribution in [0, 0.1) is 0 Å². The van der Waals surface area contributed by atoms with Crippen LogP contribution in [0.5, 0.6) is 11.5 Å². The van der Waals surface area contributed by atoms with Gasteiger partial charge in [-0.2, -0.15) is 0 Å². The molecule has 0 unspecified atom stereocenters. The Bertz CT molecular complexity index is 1600. The number of rotatable bonds is 7. The van der Waals surface area contributed by atoms with Crippen molar-refractivity contribution in [2.24, 2.45) is 0 Å². The van der Waals surface area contributed by atoms with Crippen molar-refractivity contribution in [3.63, 3.8) is 0 Å². The molecule has 0 fully saturated rings. The van der Waals surface area contributed by atoms with E-state index in [4.69, 9.17) is 9.47 Å². The Morgan fingerprint density at radius 2 is 1.05 bits per heavy atom. The van der Waals surface area contributed by atoms with Gasteiger partial charge in [-0.15, -0.1) is 0 Å². The van der Waals surface area contributed by atoms with Gasteiger partial charge in [-0.05, 0) is 101 Å². The van der Waals surface area contributed by atoms with Crippen LogP contribution in [0.2, 0.25) is 0 Å². The monoisotopic (exact) mass is 562 g/mol. The van der Waals surface area contributed by atoms with Gasteiger partial charge < -0.3 is 19.3 Å². The number of carbonyl (C=O) groups excluding carboxylic acids is 2. The smallest absolute Gasteiger partial charge is 0.343 e. The van der Waals surface area contributed by atoms with E-state index in [1.165, 1.54) is 5.56 Å². The third-order valence-corrected chi connectivity index (χ3v) is 8.26. The zero-order valence-corrected chi connectivity index (χ0v) is 25.4. The molecule has 6 heteroatoms. The van der Waals surface area contributed by atoms with Crippen molar-refractivity contribution >= 4 is 23.3 Å². The number of esters is 2. The van der Waals surface area contributed by atoms with Crippen LogP contribution < -0.4 is 19.3 Å². The molecule has 4 aromatic carbocycles. The molecule has 0 radical (unpaired) electrons. The van der Waals surface area contributed by atoms with Crippen LogP contribution in [0.1, 0.15) is 64.6 Å². The van der Waals surface area contributed by atoms with E-state index in [1.807, 2.05) is 98.7 Å². The molecule has 1 aliphatic carbocycles. The van der Waals surface area contributed by atoms with Gasteiger partial charge in [0.05, 0.1) is 11.1 Å². The Labute approximate surface area is 248 Å². The molecule has 0 N–H and O–H groups in total. The molecule has 0 aromatic heterocycles. The summed E-state index contributed by atoms with van der Waals surface area (Å²) in [5.74, 6) is 0.228. The summed E-state index contributed by atoms with van der Waals surface area (Å²) in [7, 11) is 7.83. The summed E-state index contributed by atoms with van der Waals surface area (Å²) in [6.45, 7) is 6.71. The van der Waals surface area contributed by atoms with E-state index in [-0.39, 0.29) is 16.8 Å². The van der Waals surface area contributed by atoms with Crippen LogP contribution in [0.3, 0.4) is 0 Å². The summed E-state index contributed by atoms with van der Waals surface area (Å²) >= 11 is 0. The minimum Gasteiger partial charge on any atom is -0.423 e. The van der Waals surface area contributed by atoms with Crippen molar-refractivity contribution in [3.8, 4) is 11.5 Å². The van der Waals surface area contributed by atoms with Crippen LogP contribution >= 0.6 is 0 Å². The van der Waals surface area contributed by atoms with E-state index in [9.17, 15) is 9.59 Å². The average molecular weight is 563 g/mol. The number of hydrogen-bond acceptors (Lipinski definition) is 6. The van der Waals surface area contributed by atoms with Crippen molar-refractivity contribution < 1.29 is 19.1 Å². The number of nitrogens with zero attached hydrogens (tertiary/aromatic N) is 2. The van der Waals surface area contributed by atoms with Gasteiger partial charge in [0, 0.05) is 45.0 Å². The number of benzene rings is 4. The van der Waals surface area contributed by atoms with Crippen LogP contribution in [0.4, 0.5) is 11.4 Å². The van der Waals surface area contributed by atoms with E-state index in [0.29, 0.717) is 22.6 Å². The summed E-state index contributed by atoms with van der Waals surface area (Å²) in [4.78, 5) is 29.7. The quantitative estimate of drug-likeness (QED) is 0.175. The van der Waals surface area contributed by atoms with E-state index in [2.05, 4.69) is 26.8 Å². The minimum atomic E-state index is -0.394. The summed E-state index contributed by atoms with van der Waals surface area (Å²) < 4.78 is 11.5. The van der Waals surface area contributed by atoms with Crippen LogP contribution in [-0.4, -0.2) is 40.1 Å². The van der Waals surface area contributed by atoms with Crippen molar-refractivity contribution in [1.29, 1.82) is 0 Å². The maximum absolute atomic E-state index is 12.9. The highest BCUT2D eigenvalue weighted by Crippen LogP contribution is 2.53. The molecular weight excluding hydrogens is 524 g/mol. The molecule has 216 valence electrons. The molecule has 5 rings (SSSR count). The zero-order valence-electron chi connectivity index (χ0n) is 25.4. The zero-order chi connectivity index (χ0) is 30.2. The molecule has 0 bridgehead atoms. The number of carbonyl (C=O) groups is 2. The molecular formula is C36H38N2O4. The predicted octanol–water partition coefficient (Wildman–Crippen LogP) is 7.24. The van der Waals surface area contributed by atoms with Gasteiger partial charge in [-0.25, -0.2) is 9.59 Å². The fraction of sp³-hybridized carbons (Fsp3) is 0.278. The second-order valence-electron chi connectivity index (χ2n) is 12.3. The fourth-order valence-electron chi connectivity index (χ4n) is 5.98. The van der Waals surface area contributed by atoms with E-state index in [0.717, 1.165) is 28.9 Å². The molecule has 0 saturated carbocycles. The normalized spacial score (nSPS) is 16.8. The van der Waals surface area contributed by atoms with Crippen LogP contribution in [0.15, 0.2) is 91.0 Å². The third-order valence-electron chi connectivity index (χ3n) is 8.26. The second kappa shape index (κ2) is 11.0. The highest BCUT2D eigenvalue weighted by molar-refractivity contribution is 5.92. The topological polar surface area (TPSA) is 59.1 Å². The Hall–Kier alpha value is -4.58. The molecule has 42 heavy (non-hydrogen) atoms. The highest BCUT2D eigenvalue weighted by Gasteiger charge is 2.46. The SMILES string of the molecule is CN(C)c1ccc(C(=O)Oc2ccc([C@@]3(C)CC(C)(C)c4ccc(OC(=O)c5ccc(N(C)C)cc5)cc43)cc2)cc1. The minimum absolute atomic E-state index is 0.0709.